The number of pyridine rings is 1. The second kappa shape index (κ2) is 11.6. The van der Waals surface area contributed by atoms with Gasteiger partial charge in [-0.05, 0) is 29.8 Å². The molecule has 34 heavy (non-hydrogen) atoms. The molecular weight excluding hydrogens is 442 g/mol. The SMILES string of the molecule is O=C(Cc1ccc(-c2ccc(OCCN3CCNCC3)cc2F)nc1)NCc1ccnc(F)n1. The fraction of sp³-hybridized carbons (Fsp3) is 0.333. The van der Waals surface area contributed by atoms with Crippen molar-refractivity contribution in [2.24, 2.45) is 0 Å². The molecule has 3 heterocycles. The van der Waals surface area contributed by atoms with Crippen LogP contribution in [0.15, 0.2) is 48.8 Å². The van der Waals surface area contributed by atoms with Crippen molar-refractivity contribution >= 4 is 5.91 Å². The van der Waals surface area contributed by atoms with E-state index in [1.165, 1.54) is 24.5 Å². The van der Waals surface area contributed by atoms with Crippen LogP contribution >= 0.6 is 0 Å². The van der Waals surface area contributed by atoms with E-state index < -0.39 is 11.9 Å². The zero-order chi connectivity index (χ0) is 23.8. The minimum absolute atomic E-state index is 0.0865. The number of rotatable bonds is 9. The largest absolute Gasteiger partial charge is 0.492 e. The summed E-state index contributed by atoms with van der Waals surface area (Å²) in [5.41, 5.74) is 1.87. The van der Waals surface area contributed by atoms with Gasteiger partial charge in [0.2, 0.25) is 5.91 Å². The zero-order valence-electron chi connectivity index (χ0n) is 18.6. The summed E-state index contributed by atoms with van der Waals surface area (Å²) in [4.78, 5) is 25.7. The maximum atomic E-state index is 14.7. The van der Waals surface area contributed by atoms with Crippen LogP contribution in [0.2, 0.25) is 0 Å². The van der Waals surface area contributed by atoms with Gasteiger partial charge in [-0.25, -0.2) is 14.4 Å². The van der Waals surface area contributed by atoms with Gasteiger partial charge in [-0.3, -0.25) is 14.7 Å². The molecule has 1 aromatic carbocycles. The van der Waals surface area contributed by atoms with Crippen LogP contribution in [0.4, 0.5) is 8.78 Å². The molecule has 0 radical (unpaired) electrons. The number of hydrogen-bond acceptors (Lipinski definition) is 7. The van der Waals surface area contributed by atoms with Crippen LogP contribution in [-0.2, 0) is 17.8 Å². The van der Waals surface area contributed by atoms with E-state index in [2.05, 4.69) is 30.5 Å². The highest BCUT2D eigenvalue weighted by Gasteiger charge is 2.12. The topological polar surface area (TPSA) is 92.3 Å². The summed E-state index contributed by atoms with van der Waals surface area (Å²) < 4.78 is 33.4. The van der Waals surface area contributed by atoms with Crippen LogP contribution < -0.4 is 15.4 Å². The first-order chi connectivity index (χ1) is 16.6. The Bertz CT molecular complexity index is 1110. The van der Waals surface area contributed by atoms with Crippen LogP contribution in [0.3, 0.4) is 0 Å². The summed E-state index contributed by atoms with van der Waals surface area (Å²) in [5.74, 6) is -0.204. The van der Waals surface area contributed by atoms with E-state index in [0.717, 1.165) is 32.7 Å². The number of carbonyl (C=O) groups is 1. The minimum atomic E-state index is -0.839. The predicted molar refractivity (Wildman–Crippen MR) is 122 cm³/mol. The fourth-order valence-corrected chi connectivity index (χ4v) is 3.61. The van der Waals surface area contributed by atoms with Crippen molar-refractivity contribution in [2.45, 2.75) is 13.0 Å². The number of nitrogens with zero attached hydrogens (tertiary/aromatic N) is 4. The lowest BCUT2D eigenvalue weighted by Gasteiger charge is -2.26. The molecule has 2 N–H and O–H groups in total. The standard InChI is InChI=1S/C24H26F2N6O2/c25-21-14-19(34-12-11-32-9-7-27-8-10-32)2-3-20(21)22-4-1-17(15-29-22)13-23(33)30-16-18-5-6-28-24(26)31-18/h1-6,14-15,27H,7-13,16H2,(H,30,33). The van der Waals surface area contributed by atoms with Crippen LogP contribution in [0.5, 0.6) is 5.75 Å². The number of nitrogens with one attached hydrogen (secondary N) is 2. The fourth-order valence-electron chi connectivity index (χ4n) is 3.61. The van der Waals surface area contributed by atoms with Gasteiger partial charge in [-0.15, -0.1) is 0 Å². The third kappa shape index (κ3) is 6.75. The van der Waals surface area contributed by atoms with Crippen LogP contribution in [-0.4, -0.2) is 65.1 Å². The lowest BCUT2D eigenvalue weighted by Crippen LogP contribution is -2.44. The lowest BCUT2D eigenvalue weighted by molar-refractivity contribution is -0.120. The number of benzene rings is 1. The molecule has 0 unspecified atom stereocenters. The highest BCUT2D eigenvalue weighted by Crippen LogP contribution is 2.25. The van der Waals surface area contributed by atoms with Crippen LogP contribution in [0.1, 0.15) is 11.3 Å². The van der Waals surface area contributed by atoms with Gasteiger partial charge in [-0.1, -0.05) is 6.07 Å². The van der Waals surface area contributed by atoms with E-state index in [1.54, 1.807) is 24.3 Å². The normalized spacial score (nSPS) is 14.1. The molecule has 1 aliphatic heterocycles. The van der Waals surface area contributed by atoms with Gasteiger partial charge in [0.15, 0.2) is 0 Å². The Morgan fingerprint density at radius 3 is 2.71 bits per heavy atom. The van der Waals surface area contributed by atoms with E-state index in [1.807, 2.05) is 0 Å². The minimum Gasteiger partial charge on any atom is -0.492 e. The molecule has 0 aliphatic carbocycles. The van der Waals surface area contributed by atoms with E-state index >= 15 is 0 Å². The van der Waals surface area contributed by atoms with E-state index in [0.29, 0.717) is 34.9 Å². The Balaban J connectivity index is 1.28. The quantitative estimate of drug-likeness (QED) is 0.464. The summed E-state index contributed by atoms with van der Waals surface area (Å²) in [6.45, 7) is 5.33. The Labute approximate surface area is 196 Å². The van der Waals surface area contributed by atoms with Gasteiger partial charge in [0.25, 0.3) is 0 Å². The molecule has 1 fully saturated rings. The molecule has 0 saturated carbocycles. The highest BCUT2D eigenvalue weighted by atomic mass is 19.1. The first-order valence-corrected chi connectivity index (χ1v) is 11.1. The van der Waals surface area contributed by atoms with Gasteiger partial charge < -0.3 is 15.4 Å². The molecule has 0 atom stereocenters. The Hall–Kier alpha value is -3.50. The third-order valence-electron chi connectivity index (χ3n) is 5.44. The van der Waals surface area contributed by atoms with Crippen molar-refractivity contribution in [3.8, 4) is 17.0 Å². The Morgan fingerprint density at radius 1 is 1.12 bits per heavy atom. The summed E-state index contributed by atoms with van der Waals surface area (Å²) in [6.07, 6.45) is 2.08. The molecule has 1 amide bonds. The zero-order valence-corrected chi connectivity index (χ0v) is 18.6. The maximum absolute atomic E-state index is 14.7. The van der Waals surface area contributed by atoms with Crippen molar-refractivity contribution in [2.75, 3.05) is 39.3 Å². The molecule has 8 nitrogen and oxygen atoms in total. The maximum Gasteiger partial charge on any atom is 0.308 e. The summed E-state index contributed by atoms with van der Waals surface area (Å²) in [7, 11) is 0. The van der Waals surface area contributed by atoms with Gasteiger partial charge in [0.1, 0.15) is 18.2 Å². The van der Waals surface area contributed by atoms with E-state index in [9.17, 15) is 13.6 Å². The smallest absolute Gasteiger partial charge is 0.308 e. The predicted octanol–water partition coefficient (Wildman–Crippen LogP) is 1.96. The number of halogens is 2. The van der Waals surface area contributed by atoms with Crippen molar-refractivity contribution in [1.29, 1.82) is 0 Å². The summed E-state index contributed by atoms with van der Waals surface area (Å²) in [5, 5.41) is 5.97. The van der Waals surface area contributed by atoms with Gasteiger partial charge in [0, 0.05) is 56.7 Å². The van der Waals surface area contributed by atoms with Gasteiger partial charge in [-0.2, -0.15) is 4.39 Å². The summed E-state index contributed by atoms with van der Waals surface area (Å²) >= 11 is 0. The number of ether oxygens (including phenoxy) is 1. The van der Waals surface area contributed by atoms with Crippen molar-refractivity contribution < 1.29 is 18.3 Å². The molecular formula is C24H26F2N6O2. The third-order valence-corrected chi connectivity index (χ3v) is 5.44. The van der Waals surface area contributed by atoms with E-state index in [4.69, 9.17) is 4.74 Å². The first-order valence-electron chi connectivity index (χ1n) is 11.1. The average Bonchev–Trinajstić information content (AvgIpc) is 2.84. The first kappa shape index (κ1) is 23.7. The van der Waals surface area contributed by atoms with Crippen molar-refractivity contribution in [3.63, 3.8) is 0 Å². The Morgan fingerprint density at radius 2 is 1.97 bits per heavy atom. The molecule has 2 aromatic heterocycles. The number of hydrogen-bond donors (Lipinski definition) is 2. The number of aromatic nitrogens is 3. The van der Waals surface area contributed by atoms with Crippen molar-refractivity contribution in [3.05, 3.63) is 71.9 Å². The highest BCUT2D eigenvalue weighted by molar-refractivity contribution is 5.78. The lowest BCUT2D eigenvalue weighted by atomic mass is 10.1. The molecule has 3 aromatic rings. The van der Waals surface area contributed by atoms with Gasteiger partial charge >= 0.3 is 6.08 Å². The average molecular weight is 469 g/mol. The van der Waals surface area contributed by atoms with Gasteiger partial charge in [0.05, 0.1) is 24.4 Å². The molecule has 1 saturated heterocycles. The second-order valence-electron chi connectivity index (χ2n) is 7.90. The molecule has 10 heteroatoms. The Kier molecular flexibility index (Phi) is 8.05. The number of amides is 1. The molecule has 4 rings (SSSR count). The van der Waals surface area contributed by atoms with Crippen LogP contribution in [0, 0.1) is 11.9 Å². The van der Waals surface area contributed by atoms with E-state index in [-0.39, 0.29) is 18.9 Å². The molecule has 0 spiro atoms. The molecule has 1 aliphatic rings. The summed E-state index contributed by atoms with van der Waals surface area (Å²) in [6, 6.07) is 9.67. The monoisotopic (exact) mass is 468 g/mol. The second-order valence-corrected chi connectivity index (χ2v) is 7.90. The number of carbonyl (C=O) groups excluding carboxylic acids is 1. The van der Waals surface area contributed by atoms with Crippen LogP contribution in [0.25, 0.3) is 11.3 Å². The van der Waals surface area contributed by atoms with Crippen molar-refractivity contribution in [1.82, 2.24) is 30.5 Å². The number of piperazine rings is 1. The molecule has 178 valence electrons. The molecule has 0 bridgehead atoms.